The molecule has 0 aromatic carbocycles. The predicted molar refractivity (Wildman–Crippen MR) is 73.4 cm³/mol. The summed E-state index contributed by atoms with van der Waals surface area (Å²) in [6, 6.07) is -0.0546. The maximum atomic E-state index is 11.5. The van der Waals surface area contributed by atoms with Crippen molar-refractivity contribution in [2.45, 2.75) is 57.9 Å². The van der Waals surface area contributed by atoms with Gasteiger partial charge in [0, 0.05) is 6.04 Å². The van der Waals surface area contributed by atoms with Crippen LogP contribution in [0.15, 0.2) is 0 Å². The third-order valence-electron chi connectivity index (χ3n) is 3.45. The van der Waals surface area contributed by atoms with E-state index >= 15 is 0 Å². The molecule has 1 unspecified atom stereocenters. The van der Waals surface area contributed by atoms with Gasteiger partial charge in [-0.1, -0.05) is 19.8 Å². The van der Waals surface area contributed by atoms with Crippen LogP contribution in [0, 0.1) is 0 Å². The molecule has 0 radical (unpaired) electrons. The summed E-state index contributed by atoms with van der Waals surface area (Å²) >= 11 is 0. The van der Waals surface area contributed by atoms with E-state index in [1.165, 1.54) is 32.4 Å². The molecule has 0 saturated carbocycles. The first-order valence-electron chi connectivity index (χ1n) is 7.36. The summed E-state index contributed by atoms with van der Waals surface area (Å²) in [6.45, 7) is 6.01. The topological polar surface area (TPSA) is 55.6 Å². The van der Waals surface area contributed by atoms with E-state index in [1.807, 2.05) is 0 Å². The zero-order valence-electron chi connectivity index (χ0n) is 11.7. The molecule has 1 rings (SSSR count). The zero-order chi connectivity index (χ0) is 13.2. The molecule has 1 saturated heterocycles. The van der Waals surface area contributed by atoms with Crippen LogP contribution in [-0.2, 0) is 9.53 Å². The Morgan fingerprint density at radius 2 is 2.06 bits per heavy atom. The van der Waals surface area contributed by atoms with Crippen molar-refractivity contribution >= 4 is 5.97 Å². The van der Waals surface area contributed by atoms with Gasteiger partial charge in [-0.2, -0.15) is 0 Å². The Bertz CT molecular complexity index is 228. The molecule has 0 spiro atoms. The minimum atomic E-state index is -0.144. The molecule has 0 aromatic rings. The Hall–Kier alpha value is -0.610. The molecule has 1 atom stereocenters. The van der Waals surface area contributed by atoms with Crippen molar-refractivity contribution in [1.29, 1.82) is 0 Å². The number of rotatable bonds is 8. The van der Waals surface area contributed by atoms with Gasteiger partial charge in [-0.15, -0.1) is 0 Å². The summed E-state index contributed by atoms with van der Waals surface area (Å²) in [6.07, 6.45) is 7.19. The van der Waals surface area contributed by atoms with Crippen molar-refractivity contribution in [1.82, 2.24) is 4.90 Å². The zero-order valence-corrected chi connectivity index (χ0v) is 11.7. The molecule has 106 valence electrons. The molecule has 18 heavy (non-hydrogen) atoms. The minimum Gasteiger partial charge on any atom is -0.466 e. The summed E-state index contributed by atoms with van der Waals surface area (Å²) in [4.78, 5) is 13.9. The maximum Gasteiger partial charge on any atom is 0.307 e. The lowest BCUT2D eigenvalue weighted by Gasteiger charge is -2.27. The van der Waals surface area contributed by atoms with Gasteiger partial charge >= 0.3 is 5.97 Å². The van der Waals surface area contributed by atoms with Crippen LogP contribution in [0.4, 0.5) is 0 Å². The van der Waals surface area contributed by atoms with Crippen LogP contribution < -0.4 is 5.73 Å². The number of carbonyl (C=O) groups excluding carboxylic acids is 1. The fraction of sp³-hybridized carbons (Fsp3) is 0.929. The molecule has 2 N–H and O–H groups in total. The number of ether oxygens (including phenoxy) is 1. The van der Waals surface area contributed by atoms with Gasteiger partial charge in [0.05, 0.1) is 13.0 Å². The number of unbranched alkanes of at least 4 members (excludes halogenated alkanes) is 1. The van der Waals surface area contributed by atoms with E-state index in [0.29, 0.717) is 13.0 Å². The Morgan fingerprint density at radius 1 is 1.33 bits per heavy atom. The smallest absolute Gasteiger partial charge is 0.307 e. The Balaban J connectivity index is 2.04. The molecule has 4 heteroatoms. The fourth-order valence-electron chi connectivity index (χ4n) is 2.24. The number of piperidine rings is 1. The second-order valence-corrected chi connectivity index (χ2v) is 5.23. The van der Waals surface area contributed by atoms with E-state index in [-0.39, 0.29) is 12.0 Å². The molecular weight excluding hydrogens is 228 g/mol. The SMILES string of the molecule is CCCCOC(=O)CC(N)CCN1CCCCC1. The Morgan fingerprint density at radius 3 is 2.72 bits per heavy atom. The van der Waals surface area contributed by atoms with Crippen LogP contribution in [0.3, 0.4) is 0 Å². The first-order valence-corrected chi connectivity index (χ1v) is 7.36. The molecule has 1 fully saturated rings. The average Bonchev–Trinajstić information content (AvgIpc) is 2.38. The van der Waals surface area contributed by atoms with Crippen molar-refractivity contribution in [2.24, 2.45) is 5.73 Å². The third kappa shape index (κ3) is 6.97. The van der Waals surface area contributed by atoms with Gasteiger partial charge in [-0.3, -0.25) is 4.79 Å². The van der Waals surface area contributed by atoms with Gasteiger partial charge in [0.2, 0.25) is 0 Å². The predicted octanol–water partition coefficient (Wildman–Crippen LogP) is 1.92. The van der Waals surface area contributed by atoms with Crippen LogP contribution in [0.25, 0.3) is 0 Å². The van der Waals surface area contributed by atoms with Crippen molar-refractivity contribution < 1.29 is 9.53 Å². The number of carbonyl (C=O) groups is 1. The fourth-order valence-corrected chi connectivity index (χ4v) is 2.24. The lowest BCUT2D eigenvalue weighted by Crippen LogP contribution is -2.35. The molecule has 0 aromatic heterocycles. The third-order valence-corrected chi connectivity index (χ3v) is 3.45. The monoisotopic (exact) mass is 256 g/mol. The van der Waals surface area contributed by atoms with Crippen molar-refractivity contribution in [3.05, 3.63) is 0 Å². The highest BCUT2D eigenvalue weighted by Gasteiger charge is 2.14. The van der Waals surface area contributed by atoms with Gasteiger partial charge in [-0.25, -0.2) is 0 Å². The quantitative estimate of drug-likeness (QED) is 0.532. The molecule has 4 nitrogen and oxygen atoms in total. The highest BCUT2D eigenvalue weighted by atomic mass is 16.5. The van der Waals surface area contributed by atoms with Crippen LogP contribution >= 0.6 is 0 Å². The first kappa shape index (κ1) is 15.4. The van der Waals surface area contributed by atoms with Gasteiger partial charge in [-0.05, 0) is 45.3 Å². The van der Waals surface area contributed by atoms with Crippen molar-refractivity contribution in [3.8, 4) is 0 Å². The summed E-state index contributed by atoms with van der Waals surface area (Å²) in [5.41, 5.74) is 5.97. The van der Waals surface area contributed by atoms with Crippen LogP contribution in [0.5, 0.6) is 0 Å². The number of esters is 1. The lowest BCUT2D eigenvalue weighted by molar-refractivity contribution is -0.144. The van der Waals surface area contributed by atoms with Gasteiger partial charge in [0.15, 0.2) is 0 Å². The van der Waals surface area contributed by atoms with Crippen LogP contribution in [-0.4, -0.2) is 43.2 Å². The summed E-state index contributed by atoms with van der Waals surface area (Å²) < 4.78 is 5.11. The van der Waals surface area contributed by atoms with Crippen LogP contribution in [0.1, 0.15) is 51.9 Å². The van der Waals surface area contributed by atoms with E-state index in [9.17, 15) is 4.79 Å². The summed E-state index contributed by atoms with van der Waals surface area (Å²) in [7, 11) is 0. The Labute approximate surface area is 111 Å². The Kier molecular flexibility index (Phi) is 8.01. The summed E-state index contributed by atoms with van der Waals surface area (Å²) in [5.74, 6) is -0.144. The molecule has 1 aliphatic rings. The minimum absolute atomic E-state index is 0.0546. The first-order chi connectivity index (χ1) is 8.72. The van der Waals surface area contributed by atoms with Crippen molar-refractivity contribution in [2.75, 3.05) is 26.2 Å². The molecular formula is C14H28N2O2. The summed E-state index contributed by atoms with van der Waals surface area (Å²) in [5, 5.41) is 0. The van der Waals surface area contributed by atoms with E-state index in [1.54, 1.807) is 0 Å². The largest absolute Gasteiger partial charge is 0.466 e. The number of likely N-dealkylation sites (tertiary alicyclic amines) is 1. The van der Waals surface area contributed by atoms with E-state index in [2.05, 4.69) is 11.8 Å². The average molecular weight is 256 g/mol. The standard InChI is InChI=1S/C14H28N2O2/c1-2-3-11-18-14(17)12-13(15)7-10-16-8-5-4-6-9-16/h13H,2-12,15H2,1H3. The van der Waals surface area contributed by atoms with E-state index in [4.69, 9.17) is 10.5 Å². The number of nitrogens with two attached hydrogens (primary N) is 1. The number of hydrogen-bond donors (Lipinski definition) is 1. The van der Waals surface area contributed by atoms with Gasteiger partial charge in [0.1, 0.15) is 0 Å². The molecule has 0 bridgehead atoms. The van der Waals surface area contributed by atoms with E-state index < -0.39 is 0 Å². The second kappa shape index (κ2) is 9.34. The molecule has 1 heterocycles. The highest BCUT2D eigenvalue weighted by Crippen LogP contribution is 2.10. The van der Waals surface area contributed by atoms with Crippen molar-refractivity contribution in [3.63, 3.8) is 0 Å². The molecule has 0 aliphatic carbocycles. The van der Waals surface area contributed by atoms with E-state index in [0.717, 1.165) is 25.8 Å². The number of hydrogen-bond acceptors (Lipinski definition) is 4. The highest BCUT2D eigenvalue weighted by molar-refractivity contribution is 5.70. The normalized spacial score (nSPS) is 18.6. The lowest BCUT2D eigenvalue weighted by atomic mass is 10.1. The number of nitrogens with zero attached hydrogens (tertiary/aromatic N) is 1. The molecule has 0 amide bonds. The van der Waals surface area contributed by atoms with Gasteiger partial charge in [0.25, 0.3) is 0 Å². The second-order valence-electron chi connectivity index (χ2n) is 5.23. The van der Waals surface area contributed by atoms with Crippen LogP contribution in [0.2, 0.25) is 0 Å². The maximum absolute atomic E-state index is 11.5. The van der Waals surface area contributed by atoms with Gasteiger partial charge < -0.3 is 15.4 Å². The molecule has 1 aliphatic heterocycles.